The van der Waals surface area contributed by atoms with Crippen molar-refractivity contribution in [1.82, 2.24) is 0 Å². The molecule has 9 heteroatoms. The molecular formula is C31H32O9. The lowest BCUT2D eigenvalue weighted by Gasteiger charge is -2.23. The zero-order chi connectivity index (χ0) is 28.6. The number of aromatic carboxylic acids is 1. The molecule has 1 unspecified atom stereocenters. The number of phenols is 1. The average molecular weight is 549 g/mol. The lowest BCUT2D eigenvalue weighted by molar-refractivity contribution is -0.140. The predicted molar refractivity (Wildman–Crippen MR) is 145 cm³/mol. The molecule has 9 nitrogen and oxygen atoms in total. The Morgan fingerprint density at radius 1 is 1.00 bits per heavy atom. The predicted octanol–water partition coefficient (Wildman–Crippen LogP) is 5.22. The summed E-state index contributed by atoms with van der Waals surface area (Å²) >= 11 is 0. The lowest BCUT2D eigenvalue weighted by Crippen LogP contribution is -2.24. The number of carbonyl (C=O) groups excluding carboxylic acids is 2. The minimum atomic E-state index is -0.998. The molecule has 2 N–H and O–H groups in total. The molecule has 1 fully saturated rings. The summed E-state index contributed by atoms with van der Waals surface area (Å²) in [4.78, 5) is 36.4. The summed E-state index contributed by atoms with van der Waals surface area (Å²) < 4.78 is 22.1. The Kier molecular flexibility index (Phi) is 9.39. The summed E-state index contributed by atoms with van der Waals surface area (Å²) in [7, 11) is 1.30. The van der Waals surface area contributed by atoms with Crippen LogP contribution in [0, 0.1) is 6.92 Å². The highest BCUT2D eigenvalue weighted by atomic mass is 16.7. The Morgan fingerprint density at radius 3 is 2.48 bits per heavy atom. The van der Waals surface area contributed by atoms with Crippen LogP contribution in [0.15, 0.2) is 54.6 Å². The fourth-order valence-corrected chi connectivity index (χ4v) is 4.50. The number of methoxy groups -OCH3 is 1. The summed E-state index contributed by atoms with van der Waals surface area (Å²) in [6, 6.07) is 14.4. The number of rotatable bonds is 11. The van der Waals surface area contributed by atoms with Crippen LogP contribution in [0.25, 0.3) is 0 Å². The Morgan fingerprint density at radius 2 is 1.80 bits per heavy atom. The second kappa shape index (κ2) is 13.1. The Hall–Kier alpha value is -4.37. The van der Waals surface area contributed by atoms with Gasteiger partial charge in [-0.05, 0) is 79.3 Å². The van der Waals surface area contributed by atoms with Crippen LogP contribution in [0.4, 0.5) is 0 Å². The highest BCUT2D eigenvalue weighted by molar-refractivity contribution is 6.11. The normalized spacial score (nSPS) is 14.8. The van der Waals surface area contributed by atoms with Crippen LogP contribution in [0.5, 0.6) is 17.2 Å². The maximum atomic E-state index is 13.3. The van der Waals surface area contributed by atoms with Gasteiger partial charge in [-0.25, -0.2) is 4.79 Å². The maximum Gasteiger partial charge on any atom is 0.335 e. The largest absolute Gasteiger partial charge is 0.507 e. The maximum absolute atomic E-state index is 13.3. The standard InChI is InChI=1S/C31H32O9/c1-19-15-20(6-10-24(19)31(35)36)18-39-27-12-7-22(16-21(27)8-13-28(33)37-2)30(34)25-11-9-23(17-26(25)32)40-29-5-3-4-14-38-29/h6-7,9-12,15-17,29,32H,3-5,8,13-14,18H2,1-2H3,(H,35,36). The van der Waals surface area contributed by atoms with Gasteiger partial charge in [0.2, 0.25) is 0 Å². The molecule has 3 aromatic rings. The number of carbonyl (C=O) groups is 3. The number of phenolic OH excluding ortho intramolecular Hbond substituents is 1. The molecule has 0 radical (unpaired) electrons. The number of carboxylic acid groups (broad SMARTS) is 1. The van der Waals surface area contributed by atoms with Gasteiger partial charge >= 0.3 is 11.9 Å². The molecule has 1 atom stereocenters. The number of carboxylic acids is 1. The zero-order valence-electron chi connectivity index (χ0n) is 22.5. The fourth-order valence-electron chi connectivity index (χ4n) is 4.50. The van der Waals surface area contributed by atoms with Crippen LogP contribution in [-0.2, 0) is 27.3 Å². The molecule has 210 valence electrons. The summed E-state index contributed by atoms with van der Waals surface area (Å²) in [5, 5.41) is 19.9. The molecule has 0 spiro atoms. The van der Waals surface area contributed by atoms with Crippen molar-refractivity contribution in [3.8, 4) is 17.2 Å². The van der Waals surface area contributed by atoms with E-state index < -0.39 is 17.7 Å². The molecule has 0 aliphatic carbocycles. The Balaban J connectivity index is 1.53. The number of benzene rings is 3. The molecule has 1 heterocycles. The van der Waals surface area contributed by atoms with Crippen molar-refractivity contribution in [3.05, 3.63) is 88.0 Å². The minimum Gasteiger partial charge on any atom is -0.507 e. The van der Waals surface area contributed by atoms with Gasteiger partial charge in [0.1, 0.15) is 23.9 Å². The summed E-state index contributed by atoms with van der Waals surface area (Å²) in [6.07, 6.45) is 2.72. The highest BCUT2D eigenvalue weighted by Gasteiger charge is 2.20. The molecule has 3 aromatic carbocycles. The minimum absolute atomic E-state index is 0.0808. The van der Waals surface area contributed by atoms with E-state index in [2.05, 4.69) is 0 Å². The quantitative estimate of drug-likeness (QED) is 0.245. The first-order chi connectivity index (χ1) is 19.2. The number of aryl methyl sites for hydroxylation is 2. The summed E-state index contributed by atoms with van der Waals surface area (Å²) in [5.74, 6) is -1.13. The second-order valence-electron chi connectivity index (χ2n) is 9.56. The van der Waals surface area contributed by atoms with Crippen LogP contribution < -0.4 is 9.47 Å². The lowest BCUT2D eigenvalue weighted by atomic mass is 9.98. The number of hydrogen-bond acceptors (Lipinski definition) is 8. The molecule has 1 aliphatic rings. The molecule has 0 saturated carbocycles. The third-order valence-electron chi connectivity index (χ3n) is 6.68. The zero-order valence-corrected chi connectivity index (χ0v) is 22.5. The number of hydrogen-bond donors (Lipinski definition) is 2. The molecule has 40 heavy (non-hydrogen) atoms. The number of esters is 1. The number of aromatic hydroxyl groups is 1. The van der Waals surface area contributed by atoms with Crippen molar-refractivity contribution >= 4 is 17.7 Å². The van der Waals surface area contributed by atoms with Gasteiger partial charge in [0.25, 0.3) is 0 Å². The molecule has 0 bridgehead atoms. The highest BCUT2D eigenvalue weighted by Crippen LogP contribution is 2.30. The molecule has 0 aromatic heterocycles. The van der Waals surface area contributed by atoms with E-state index in [-0.39, 0.29) is 42.6 Å². The molecule has 1 saturated heterocycles. The molecule has 4 rings (SSSR count). The van der Waals surface area contributed by atoms with E-state index in [1.807, 2.05) is 0 Å². The van der Waals surface area contributed by atoms with E-state index in [0.717, 1.165) is 24.8 Å². The monoisotopic (exact) mass is 548 g/mol. The van der Waals surface area contributed by atoms with Gasteiger partial charge < -0.3 is 29.2 Å². The number of ether oxygens (including phenoxy) is 4. The van der Waals surface area contributed by atoms with Crippen molar-refractivity contribution in [2.45, 2.75) is 51.9 Å². The second-order valence-corrected chi connectivity index (χ2v) is 9.56. The first-order valence-corrected chi connectivity index (χ1v) is 13.1. The topological polar surface area (TPSA) is 129 Å². The van der Waals surface area contributed by atoms with E-state index in [4.69, 9.17) is 18.9 Å². The van der Waals surface area contributed by atoms with Gasteiger partial charge in [-0.15, -0.1) is 0 Å². The van der Waals surface area contributed by atoms with Crippen LogP contribution in [0.1, 0.15) is 68.7 Å². The number of ketones is 1. The summed E-state index contributed by atoms with van der Waals surface area (Å²) in [5.41, 5.74) is 2.64. The first-order valence-electron chi connectivity index (χ1n) is 13.1. The van der Waals surface area contributed by atoms with Crippen molar-refractivity contribution < 1.29 is 43.5 Å². The van der Waals surface area contributed by atoms with E-state index >= 15 is 0 Å². The van der Waals surface area contributed by atoms with Crippen molar-refractivity contribution in [2.24, 2.45) is 0 Å². The van der Waals surface area contributed by atoms with Crippen molar-refractivity contribution in [1.29, 1.82) is 0 Å². The fraction of sp³-hybridized carbons (Fsp3) is 0.323. The third kappa shape index (κ3) is 7.18. The van der Waals surface area contributed by atoms with Crippen molar-refractivity contribution in [3.63, 3.8) is 0 Å². The third-order valence-corrected chi connectivity index (χ3v) is 6.68. The first kappa shape index (κ1) is 28.6. The van der Waals surface area contributed by atoms with Gasteiger partial charge in [0.15, 0.2) is 12.1 Å². The Labute approximate surface area is 232 Å². The summed E-state index contributed by atoms with van der Waals surface area (Å²) in [6.45, 7) is 2.50. The van der Waals surface area contributed by atoms with Crippen LogP contribution >= 0.6 is 0 Å². The van der Waals surface area contributed by atoms with Gasteiger partial charge in [-0.3, -0.25) is 9.59 Å². The van der Waals surface area contributed by atoms with Gasteiger partial charge in [-0.2, -0.15) is 0 Å². The smallest absolute Gasteiger partial charge is 0.335 e. The van der Waals surface area contributed by atoms with Crippen molar-refractivity contribution in [2.75, 3.05) is 13.7 Å². The van der Waals surface area contributed by atoms with Crippen LogP contribution in [0.2, 0.25) is 0 Å². The van der Waals surface area contributed by atoms with Gasteiger partial charge in [-0.1, -0.05) is 12.1 Å². The average Bonchev–Trinajstić information content (AvgIpc) is 2.95. The van der Waals surface area contributed by atoms with E-state index in [1.165, 1.54) is 25.3 Å². The van der Waals surface area contributed by atoms with E-state index in [9.17, 15) is 24.6 Å². The molecular weight excluding hydrogens is 516 g/mol. The van der Waals surface area contributed by atoms with Gasteiger partial charge in [0, 0.05) is 24.5 Å². The van der Waals surface area contributed by atoms with Crippen LogP contribution in [0.3, 0.4) is 0 Å². The SMILES string of the molecule is COC(=O)CCc1cc(C(=O)c2ccc(OC3CCCCO3)cc2O)ccc1OCc1ccc(C(=O)O)c(C)c1. The molecule has 1 aliphatic heterocycles. The van der Waals surface area contributed by atoms with E-state index in [1.54, 1.807) is 43.3 Å². The van der Waals surface area contributed by atoms with Gasteiger partial charge in [0.05, 0.1) is 24.8 Å². The molecule has 0 amide bonds. The Bertz CT molecular complexity index is 1390. The van der Waals surface area contributed by atoms with E-state index in [0.29, 0.717) is 34.8 Å². The van der Waals surface area contributed by atoms with Crippen LogP contribution in [-0.4, -0.2) is 47.9 Å².